The highest BCUT2D eigenvalue weighted by atomic mass is 32.1. The Balaban J connectivity index is 1.74. The fourth-order valence-corrected chi connectivity index (χ4v) is 4.35. The molecule has 2 atom stereocenters. The zero-order valence-electron chi connectivity index (χ0n) is 18.4. The largest absolute Gasteiger partial charge is 0.465 e. The molecule has 8 heteroatoms. The van der Waals surface area contributed by atoms with Crippen LogP contribution in [0, 0.1) is 0 Å². The number of ether oxygens (including phenoxy) is 1. The van der Waals surface area contributed by atoms with Crippen LogP contribution in [0.1, 0.15) is 33.8 Å². The lowest BCUT2D eigenvalue weighted by atomic mass is 10.0. The molecule has 3 aromatic rings. The number of pyridine rings is 1. The SMILES string of the molecule is COC(=O)c1ccc(-n2cccc2[C@H]2[C@@H](c3ccccn3)NC(=S)N2CCN(C)C)cc1. The molecule has 1 aliphatic heterocycles. The van der Waals surface area contributed by atoms with Crippen molar-refractivity contribution in [3.8, 4) is 5.69 Å². The van der Waals surface area contributed by atoms with Crippen LogP contribution in [0.25, 0.3) is 5.69 Å². The summed E-state index contributed by atoms with van der Waals surface area (Å²) in [6.07, 6.45) is 3.84. The van der Waals surface area contributed by atoms with Crippen LogP contribution in [-0.4, -0.2) is 64.7 Å². The van der Waals surface area contributed by atoms with Gasteiger partial charge in [0.25, 0.3) is 0 Å². The highest BCUT2D eigenvalue weighted by Gasteiger charge is 2.41. The fourth-order valence-electron chi connectivity index (χ4n) is 4.02. The zero-order valence-corrected chi connectivity index (χ0v) is 19.2. The second-order valence-electron chi connectivity index (χ2n) is 7.96. The summed E-state index contributed by atoms with van der Waals surface area (Å²) in [5, 5.41) is 4.22. The summed E-state index contributed by atoms with van der Waals surface area (Å²) in [6.45, 7) is 1.67. The molecule has 32 heavy (non-hydrogen) atoms. The average molecular weight is 450 g/mol. The fraction of sp³-hybridized carbons (Fsp3) is 0.292. The highest BCUT2D eigenvalue weighted by molar-refractivity contribution is 7.80. The van der Waals surface area contributed by atoms with E-state index in [0.29, 0.717) is 5.56 Å². The molecule has 0 unspecified atom stereocenters. The van der Waals surface area contributed by atoms with Gasteiger partial charge in [-0.3, -0.25) is 4.98 Å². The van der Waals surface area contributed by atoms with Gasteiger partial charge in [-0.05, 0) is 74.8 Å². The molecule has 1 aliphatic rings. The van der Waals surface area contributed by atoms with E-state index in [1.807, 2.05) is 48.8 Å². The number of methoxy groups -OCH3 is 1. The summed E-state index contributed by atoms with van der Waals surface area (Å²) < 4.78 is 6.96. The van der Waals surface area contributed by atoms with Crippen molar-refractivity contribution >= 4 is 23.3 Å². The lowest BCUT2D eigenvalue weighted by Gasteiger charge is -2.29. The first-order valence-electron chi connectivity index (χ1n) is 10.5. The summed E-state index contributed by atoms with van der Waals surface area (Å²) in [7, 11) is 5.50. The molecule has 0 saturated carbocycles. The minimum absolute atomic E-state index is 0.0346. The molecular formula is C24H27N5O2S. The van der Waals surface area contributed by atoms with E-state index in [2.05, 4.69) is 44.8 Å². The van der Waals surface area contributed by atoms with Crippen molar-refractivity contribution in [3.05, 3.63) is 83.9 Å². The van der Waals surface area contributed by atoms with Crippen molar-refractivity contribution in [2.75, 3.05) is 34.3 Å². The number of rotatable bonds is 7. The van der Waals surface area contributed by atoms with E-state index in [0.717, 1.165) is 35.3 Å². The number of nitrogens with zero attached hydrogens (tertiary/aromatic N) is 4. The van der Waals surface area contributed by atoms with E-state index in [4.69, 9.17) is 17.0 Å². The van der Waals surface area contributed by atoms with Crippen LogP contribution in [0.15, 0.2) is 67.0 Å². The zero-order chi connectivity index (χ0) is 22.7. The number of carbonyl (C=O) groups excluding carboxylic acids is 1. The molecular weight excluding hydrogens is 422 g/mol. The monoisotopic (exact) mass is 449 g/mol. The molecule has 4 rings (SSSR count). The Morgan fingerprint density at radius 3 is 2.59 bits per heavy atom. The molecule has 2 aromatic heterocycles. The molecule has 0 spiro atoms. The summed E-state index contributed by atoms with van der Waals surface area (Å²) >= 11 is 5.75. The first-order valence-corrected chi connectivity index (χ1v) is 10.9. The topological polar surface area (TPSA) is 62.6 Å². The Morgan fingerprint density at radius 2 is 1.94 bits per heavy atom. The van der Waals surface area contributed by atoms with Crippen LogP contribution in [0.5, 0.6) is 0 Å². The Labute approximate surface area is 193 Å². The van der Waals surface area contributed by atoms with Gasteiger partial charge in [-0.2, -0.15) is 0 Å². The second kappa shape index (κ2) is 9.50. The molecule has 0 bridgehead atoms. The number of hydrogen-bond acceptors (Lipinski definition) is 5. The number of carbonyl (C=O) groups is 1. The summed E-state index contributed by atoms with van der Waals surface area (Å²) in [6, 6.07) is 17.4. The molecule has 166 valence electrons. The van der Waals surface area contributed by atoms with Crippen molar-refractivity contribution in [3.63, 3.8) is 0 Å². The Morgan fingerprint density at radius 1 is 1.16 bits per heavy atom. The van der Waals surface area contributed by atoms with Gasteiger partial charge in [0, 0.05) is 36.9 Å². The normalized spacial score (nSPS) is 18.1. The van der Waals surface area contributed by atoms with Crippen molar-refractivity contribution in [1.82, 2.24) is 24.7 Å². The molecule has 0 radical (unpaired) electrons. The smallest absolute Gasteiger partial charge is 0.337 e. The summed E-state index contributed by atoms with van der Waals surface area (Å²) in [4.78, 5) is 20.8. The van der Waals surface area contributed by atoms with E-state index in [9.17, 15) is 4.79 Å². The van der Waals surface area contributed by atoms with Crippen LogP contribution in [0.4, 0.5) is 0 Å². The number of thiocarbonyl (C=S) groups is 1. The van der Waals surface area contributed by atoms with Gasteiger partial charge in [0.2, 0.25) is 0 Å². The third-order valence-corrected chi connectivity index (χ3v) is 5.99. The Bertz CT molecular complexity index is 1080. The van der Waals surface area contributed by atoms with Gasteiger partial charge in [0.05, 0.1) is 30.5 Å². The maximum absolute atomic E-state index is 11.8. The number of hydrogen-bond donors (Lipinski definition) is 1. The van der Waals surface area contributed by atoms with Crippen LogP contribution in [0.3, 0.4) is 0 Å². The molecule has 0 amide bonds. The molecule has 7 nitrogen and oxygen atoms in total. The first kappa shape index (κ1) is 22.0. The number of nitrogens with one attached hydrogen (secondary N) is 1. The van der Waals surface area contributed by atoms with Crippen LogP contribution < -0.4 is 5.32 Å². The van der Waals surface area contributed by atoms with Gasteiger partial charge in [0.15, 0.2) is 5.11 Å². The standard InChI is InChI=1S/C24H27N5O2S/c1-27(2)15-16-29-22(21(26-24(29)32)19-7-4-5-13-25-19)20-8-6-14-28(20)18-11-9-17(10-12-18)23(30)31-3/h4-14,21-22H,15-16H2,1-3H3,(H,26,32)/t21-,22+/m1/s1. The van der Waals surface area contributed by atoms with Crippen molar-refractivity contribution < 1.29 is 9.53 Å². The lowest BCUT2D eigenvalue weighted by molar-refractivity contribution is 0.0600. The quantitative estimate of drug-likeness (QED) is 0.439. The third-order valence-electron chi connectivity index (χ3n) is 5.64. The maximum Gasteiger partial charge on any atom is 0.337 e. The van der Waals surface area contributed by atoms with E-state index >= 15 is 0 Å². The minimum Gasteiger partial charge on any atom is -0.465 e. The molecule has 0 aliphatic carbocycles. The van der Waals surface area contributed by atoms with Crippen molar-refractivity contribution in [2.45, 2.75) is 12.1 Å². The molecule has 1 saturated heterocycles. The number of aromatic nitrogens is 2. The Kier molecular flexibility index (Phi) is 6.53. The molecule has 1 N–H and O–H groups in total. The molecule has 3 heterocycles. The van der Waals surface area contributed by atoms with Crippen LogP contribution >= 0.6 is 12.2 Å². The summed E-state index contributed by atoms with van der Waals surface area (Å²) in [5.74, 6) is -0.348. The van der Waals surface area contributed by atoms with Gasteiger partial charge in [-0.25, -0.2) is 4.79 Å². The predicted octanol–water partition coefficient (Wildman–Crippen LogP) is 3.19. The highest BCUT2D eigenvalue weighted by Crippen LogP contribution is 2.39. The number of likely N-dealkylation sites (N-methyl/N-ethyl adjacent to an activating group) is 1. The van der Waals surface area contributed by atoms with Crippen molar-refractivity contribution in [1.29, 1.82) is 0 Å². The first-order chi connectivity index (χ1) is 15.5. The second-order valence-corrected chi connectivity index (χ2v) is 8.35. The molecule has 1 fully saturated rings. The van der Waals surface area contributed by atoms with Crippen molar-refractivity contribution in [2.24, 2.45) is 0 Å². The van der Waals surface area contributed by atoms with Gasteiger partial charge in [0.1, 0.15) is 0 Å². The van der Waals surface area contributed by atoms with Gasteiger partial charge >= 0.3 is 5.97 Å². The maximum atomic E-state index is 11.8. The number of benzene rings is 1. The predicted molar refractivity (Wildman–Crippen MR) is 128 cm³/mol. The third kappa shape index (κ3) is 4.37. The minimum atomic E-state index is -0.348. The van der Waals surface area contributed by atoms with Gasteiger partial charge < -0.3 is 24.4 Å². The Hall–Kier alpha value is -3.23. The van der Waals surface area contributed by atoms with Gasteiger partial charge in [-0.1, -0.05) is 6.07 Å². The lowest BCUT2D eigenvalue weighted by Crippen LogP contribution is -2.36. The molecule has 1 aromatic carbocycles. The van der Waals surface area contributed by atoms with E-state index < -0.39 is 0 Å². The number of esters is 1. The van der Waals surface area contributed by atoms with Crippen LogP contribution in [0.2, 0.25) is 0 Å². The van der Waals surface area contributed by atoms with E-state index in [-0.39, 0.29) is 18.1 Å². The van der Waals surface area contributed by atoms with Crippen LogP contribution in [-0.2, 0) is 4.74 Å². The van der Waals surface area contributed by atoms with E-state index in [1.54, 1.807) is 12.1 Å². The van der Waals surface area contributed by atoms with Gasteiger partial charge in [-0.15, -0.1) is 0 Å². The average Bonchev–Trinajstić information content (AvgIpc) is 3.42. The summed E-state index contributed by atoms with van der Waals surface area (Å²) in [5.41, 5.74) is 3.52. The van der Waals surface area contributed by atoms with E-state index in [1.165, 1.54) is 7.11 Å².